The van der Waals surface area contributed by atoms with Gasteiger partial charge in [0.15, 0.2) is 11.5 Å². The molecule has 0 radical (unpaired) electrons. The molecule has 2 aromatic carbocycles. The number of sulfonamides is 1. The van der Waals surface area contributed by atoms with Gasteiger partial charge in [0.25, 0.3) is 15.9 Å². The summed E-state index contributed by atoms with van der Waals surface area (Å²) in [6.07, 6.45) is -0.955. The van der Waals surface area contributed by atoms with Gasteiger partial charge >= 0.3 is 0 Å². The Morgan fingerprint density at radius 2 is 1.63 bits per heavy atom. The van der Waals surface area contributed by atoms with E-state index in [0.717, 1.165) is 11.1 Å². The Hall–Kier alpha value is -2.58. The third kappa shape index (κ3) is 3.77. The van der Waals surface area contributed by atoms with Crippen LogP contribution < -0.4 is 19.7 Å². The van der Waals surface area contributed by atoms with E-state index in [4.69, 9.17) is 9.47 Å². The second kappa shape index (κ2) is 7.21. The summed E-state index contributed by atoms with van der Waals surface area (Å²) in [4.78, 5) is 14.7. The Kier molecular flexibility index (Phi) is 5.12. The molecule has 0 bridgehead atoms. The van der Waals surface area contributed by atoms with Crippen LogP contribution in [0.5, 0.6) is 11.5 Å². The third-order valence-corrected chi connectivity index (χ3v) is 6.20. The molecule has 27 heavy (non-hydrogen) atoms. The van der Waals surface area contributed by atoms with Crippen LogP contribution in [0.15, 0.2) is 35.2 Å². The molecule has 0 aliphatic carbocycles. The van der Waals surface area contributed by atoms with Crippen LogP contribution >= 0.6 is 0 Å². The molecule has 144 valence electrons. The average Bonchev–Trinajstić information content (AvgIpc) is 2.64. The predicted molar refractivity (Wildman–Crippen MR) is 100 cm³/mol. The third-order valence-electron chi connectivity index (χ3n) is 4.68. The molecule has 1 aliphatic heterocycles. The SMILES string of the molecule is Cc1cc(C)c(C)c(S(=O)(=O)NNC(=O)[C@H]2COc3ccccc3O2)c1C. The molecular formula is C19H22N2O5S. The minimum atomic E-state index is -3.94. The summed E-state index contributed by atoms with van der Waals surface area (Å²) >= 11 is 0. The standard InChI is InChI=1S/C19H22N2O5S/c1-11-9-12(2)14(4)18(13(11)3)27(23,24)21-20-19(22)17-10-25-15-7-5-6-8-16(15)26-17/h5-9,17,21H,10H2,1-4H3,(H,20,22)/t17-/m1/s1. The number of hydrogen-bond acceptors (Lipinski definition) is 5. The van der Waals surface area contributed by atoms with E-state index in [2.05, 4.69) is 10.3 Å². The van der Waals surface area contributed by atoms with Crippen molar-refractivity contribution in [3.8, 4) is 11.5 Å². The van der Waals surface area contributed by atoms with Gasteiger partial charge in [0.05, 0.1) is 4.90 Å². The van der Waals surface area contributed by atoms with Gasteiger partial charge in [0, 0.05) is 0 Å². The van der Waals surface area contributed by atoms with Crippen molar-refractivity contribution >= 4 is 15.9 Å². The monoisotopic (exact) mass is 390 g/mol. The van der Waals surface area contributed by atoms with Gasteiger partial charge in [-0.2, -0.15) is 0 Å². The van der Waals surface area contributed by atoms with Gasteiger partial charge in [0.2, 0.25) is 6.10 Å². The van der Waals surface area contributed by atoms with E-state index in [0.29, 0.717) is 22.6 Å². The average molecular weight is 390 g/mol. The maximum Gasteiger partial charge on any atom is 0.279 e. The van der Waals surface area contributed by atoms with Crippen LogP contribution in [0.4, 0.5) is 0 Å². The number of hydrazine groups is 1. The van der Waals surface area contributed by atoms with Gasteiger partial charge in [-0.15, -0.1) is 4.83 Å². The molecule has 0 saturated heterocycles. The molecule has 1 heterocycles. The highest BCUT2D eigenvalue weighted by atomic mass is 32.2. The van der Waals surface area contributed by atoms with Gasteiger partial charge in [0.1, 0.15) is 6.61 Å². The van der Waals surface area contributed by atoms with Crippen LogP contribution in [0.1, 0.15) is 22.3 Å². The molecule has 0 unspecified atom stereocenters. The summed E-state index contributed by atoms with van der Waals surface area (Å²) in [5, 5.41) is 0. The molecule has 0 spiro atoms. The number of rotatable bonds is 4. The zero-order valence-electron chi connectivity index (χ0n) is 15.6. The lowest BCUT2D eigenvalue weighted by Crippen LogP contribution is -2.50. The van der Waals surface area contributed by atoms with Crippen molar-refractivity contribution in [2.24, 2.45) is 0 Å². The van der Waals surface area contributed by atoms with Crippen molar-refractivity contribution in [2.75, 3.05) is 6.61 Å². The van der Waals surface area contributed by atoms with E-state index in [9.17, 15) is 13.2 Å². The van der Waals surface area contributed by atoms with Crippen molar-refractivity contribution in [3.05, 3.63) is 52.6 Å². The van der Waals surface area contributed by atoms with E-state index < -0.39 is 22.0 Å². The number of carbonyl (C=O) groups excluding carboxylic acids is 1. The summed E-state index contributed by atoms with van der Waals surface area (Å²) < 4.78 is 36.6. The molecule has 1 amide bonds. The minimum Gasteiger partial charge on any atom is -0.485 e. The molecule has 0 fully saturated rings. The number of amides is 1. The molecule has 8 heteroatoms. The Morgan fingerprint density at radius 1 is 1.04 bits per heavy atom. The molecule has 0 saturated carbocycles. The zero-order valence-corrected chi connectivity index (χ0v) is 16.4. The van der Waals surface area contributed by atoms with Crippen molar-refractivity contribution in [3.63, 3.8) is 0 Å². The topological polar surface area (TPSA) is 93.7 Å². The highest BCUT2D eigenvalue weighted by molar-refractivity contribution is 7.89. The molecule has 2 N–H and O–H groups in total. The van der Waals surface area contributed by atoms with Crippen molar-refractivity contribution in [1.82, 2.24) is 10.3 Å². The summed E-state index contributed by atoms with van der Waals surface area (Å²) in [5.41, 5.74) is 5.25. The van der Waals surface area contributed by atoms with Crippen molar-refractivity contribution in [2.45, 2.75) is 38.7 Å². The number of carbonyl (C=O) groups is 1. The number of ether oxygens (including phenoxy) is 2. The van der Waals surface area contributed by atoms with Gasteiger partial charge in [-0.1, -0.05) is 18.2 Å². The van der Waals surface area contributed by atoms with Crippen molar-refractivity contribution in [1.29, 1.82) is 0 Å². The number of para-hydroxylation sites is 2. The van der Waals surface area contributed by atoms with Gasteiger partial charge in [-0.3, -0.25) is 10.2 Å². The molecular weight excluding hydrogens is 368 g/mol. The summed E-state index contributed by atoms with van der Waals surface area (Å²) in [6, 6.07) is 8.91. The number of benzene rings is 2. The first-order valence-electron chi connectivity index (χ1n) is 8.48. The number of nitrogens with one attached hydrogen (secondary N) is 2. The fourth-order valence-corrected chi connectivity index (χ4v) is 4.45. The highest BCUT2D eigenvalue weighted by Crippen LogP contribution is 2.31. The van der Waals surface area contributed by atoms with Gasteiger partial charge < -0.3 is 9.47 Å². The van der Waals surface area contributed by atoms with Crippen LogP contribution in [0, 0.1) is 27.7 Å². The first-order chi connectivity index (χ1) is 12.7. The quantitative estimate of drug-likeness (QED) is 0.780. The van der Waals surface area contributed by atoms with Crippen LogP contribution in [0.25, 0.3) is 0 Å². The van der Waals surface area contributed by atoms with Gasteiger partial charge in [-0.25, -0.2) is 8.42 Å². The van der Waals surface area contributed by atoms with Crippen LogP contribution in [0.2, 0.25) is 0 Å². The summed E-state index contributed by atoms with van der Waals surface area (Å²) in [5.74, 6) is 0.351. The lowest BCUT2D eigenvalue weighted by Gasteiger charge is -2.25. The summed E-state index contributed by atoms with van der Waals surface area (Å²) in [6.45, 7) is 7.18. The van der Waals surface area contributed by atoms with Crippen molar-refractivity contribution < 1.29 is 22.7 Å². The lowest BCUT2D eigenvalue weighted by atomic mass is 10.0. The Labute approximate surface area is 158 Å². The number of hydrogen-bond donors (Lipinski definition) is 2. The Balaban J connectivity index is 1.74. The van der Waals surface area contributed by atoms with Crippen LogP contribution in [-0.4, -0.2) is 27.0 Å². The van der Waals surface area contributed by atoms with E-state index >= 15 is 0 Å². The fraction of sp³-hybridized carbons (Fsp3) is 0.316. The maximum absolute atomic E-state index is 12.8. The van der Waals surface area contributed by atoms with E-state index in [1.807, 2.05) is 19.9 Å². The molecule has 3 rings (SSSR count). The van der Waals surface area contributed by atoms with E-state index in [1.54, 1.807) is 38.1 Å². The fourth-order valence-electron chi connectivity index (χ4n) is 2.98. The summed E-state index contributed by atoms with van der Waals surface area (Å²) in [7, 11) is -3.94. The second-order valence-corrected chi connectivity index (χ2v) is 8.17. The maximum atomic E-state index is 12.8. The molecule has 2 aromatic rings. The molecule has 0 aromatic heterocycles. The number of aryl methyl sites for hydroxylation is 2. The molecule has 1 atom stereocenters. The smallest absolute Gasteiger partial charge is 0.279 e. The molecule has 1 aliphatic rings. The van der Waals surface area contributed by atoms with Crippen LogP contribution in [-0.2, 0) is 14.8 Å². The minimum absolute atomic E-state index is 0.00775. The van der Waals surface area contributed by atoms with Crippen LogP contribution in [0.3, 0.4) is 0 Å². The number of fused-ring (bicyclic) bond motifs is 1. The highest BCUT2D eigenvalue weighted by Gasteiger charge is 2.29. The van der Waals surface area contributed by atoms with E-state index in [1.165, 1.54) is 0 Å². The Morgan fingerprint density at radius 3 is 2.26 bits per heavy atom. The first-order valence-corrected chi connectivity index (χ1v) is 9.96. The van der Waals surface area contributed by atoms with Gasteiger partial charge in [-0.05, 0) is 62.1 Å². The predicted octanol–water partition coefficient (Wildman–Crippen LogP) is 2.07. The lowest BCUT2D eigenvalue weighted by molar-refractivity contribution is -0.130. The Bertz CT molecular complexity index is 975. The largest absolute Gasteiger partial charge is 0.485 e. The second-order valence-electron chi connectivity index (χ2n) is 6.55. The zero-order chi connectivity index (χ0) is 19.8. The van der Waals surface area contributed by atoms with E-state index in [-0.39, 0.29) is 11.5 Å². The normalized spacial score (nSPS) is 16.1. The molecule has 7 nitrogen and oxygen atoms in total. The first kappa shape index (κ1) is 19.2.